The first-order chi connectivity index (χ1) is 45.8. The van der Waals surface area contributed by atoms with Crippen molar-refractivity contribution in [3.8, 4) is 0 Å². The first-order valence-corrected chi connectivity index (χ1v) is 35.8. The molecule has 93 heavy (non-hydrogen) atoms. The van der Waals surface area contributed by atoms with Crippen molar-refractivity contribution in [2.24, 2.45) is 0 Å². The Labute approximate surface area is 565 Å². The SMILES string of the molecule is CC(Nc1ncnc2sccc12)c1ccccn1.CC1c2ccsc2CCN1c1ncnc2sccc12.Clc1ccc(Nc2ncnc3sccc23)cc1.c1ccc2c(c1)CCN(c1ncnc3sccc13)C2.c1ccc2c(c1)CN(c1ncnc3sccc13)CCN2. The Balaban J connectivity index is 0.000000101. The molecule has 0 aliphatic carbocycles. The number of benzene rings is 3. The second-order valence-electron chi connectivity index (χ2n) is 21.9. The maximum atomic E-state index is 5.84. The van der Waals surface area contributed by atoms with E-state index in [1.165, 1.54) is 43.6 Å². The van der Waals surface area contributed by atoms with Crippen molar-refractivity contribution in [1.29, 1.82) is 0 Å². The van der Waals surface area contributed by atoms with Crippen LogP contribution in [0.3, 0.4) is 0 Å². The number of fused-ring (bicyclic) bond motifs is 8. The molecule has 2 unspecified atom stereocenters. The van der Waals surface area contributed by atoms with Gasteiger partial charge in [-0.1, -0.05) is 60.1 Å². The molecule has 12 aromatic heterocycles. The average Bonchev–Trinajstić information content (AvgIpc) is 1.85. The number of pyridine rings is 1. The molecule has 0 radical (unpaired) electrons. The van der Waals surface area contributed by atoms with Gasteiger partial charge in [0.25, 0.3) is 0 Å². The number of para-hydroxylation sites is 1. The molecule has 3 aliphatic rings. The molecule has 15 aromatic rings. The predicted molar refractivity (Wildman–Crippen MR) is 389 cm³/mol. The average molecular weight is 1360 g/mol. The fourth-order valence-corrected chi connectivity index (χ4v) is 16.3. The summed E-state index contributed by atoms with van der Waals surface area (Å²) in [5.41, 5.74) is 8.83. The Hall–Kier alpha value is -9.20. The Bertz CT molecular complexity index is 4950. The van der Waals surface area contributed by atoms with Crippen LogP contribution in [0.25, 0.3) is 51.1 Å². The number of nitrogens with zero attached hydrogens (tertiary/aromatic N) is 14. The van der Waals surface area contributed by atoms with Gasteiger partial charge < -0.3 is 30.7 Å². The fraction of sp³-hybridized carbons (Fsp3) is 0.174. The van der Waals surface area contributed by atoms with Crippen molar-refractivity contribution >= 4 is 171 Å². The largest absolute Gasteiger partial charge is 0.383 e. The third-order valence-electron chi connectivity index (χ3n) is 16.2. The normalized spacial score (nSPS) is 14.4. The monoisotopic (exact) mass is 1350 g/mol. The Morgan fingerprint density at radius 2 is 0.989 bits per heavy atom. The van der Waals surface area contributed by atoms with E-state index in [-0.39, 0.29) is 6.04 Å². The van der Waals surface area contributed by atoms with Gasteiger partial charge >= 0.3 is 0 Å². The molecule has 18 rings (SSSR count). The minimum Gasteiger partial charge on any atom is -0.383 e. The van der Waals surface area contributed by atoms with Gasteiger partial charge in [-0.2, -0.15) is 0 Å². The third-order valence-corrected chi connectivity index (χ3v) is 21.5. The molecule has 0 amide bonds. The fourth-order valence-electron chi connectivity index (χ4n) is 11.5. The number of hydrogen-bond acceptors (Lipinski definition) is 23. The van der Waals surface area contributed by atoms with E-state index in [1.54, 1.807) is 94.5 Å². The lowest BCUT2D eigenvalue weighted by molar-refractivity contribution is 0.627. The zero-order chi connectivity index (χ0) is 62.9. The lowest BCUT2D eigenvalue weighted by Crippen LogP contribution is -2.33. The van der Waals surface area contributed by atoms with Crippen LogP contribution in [0, 0.1) is 0 Å². The van der Waals surface area contributed by atoms with Crippen molar-refractivity contribution < 1.29 is 0 Å². The molecule has 0 fully saturated rings. The van der Waals surface area contributed by atoms with E-state index < -0.39 is 0 Å². The highest BCUT2D eigenvalue weighted by molar-refractivity contribution is 7.18. The van der Waals surface area contributed by atoms with Crippen LogP contribution in [0.5, 0.6) is 0 Å². The van der Waals surface area contributed by atoms with Crippen molar-refractivity contribution in [3.05, 3.63) is 235 Å². The first kappa shape index (κ1) is 61.3. The van der Waals surface area contributed by atoms with Crippen LogP contribution in [-0.2, 0) is 25.9 Å². The van der Waals surface area contributed by atoms with Gasteiger partial charge in [-0.3, -0.25) is 4.98 Å². The molecule has 0 saturated carbocycles. The molecule has 0 bridgehead atoms. The molecule has 15 heterocycles. The Kier molecular flexibility index (Phi) is 19.0. The number of thiophene rings is 6. The summed E-state index contributed by atoms with van der Waals surface area (Å²) in [6.07, 6.45) is 12.2. The summed E-state index contributed by atoms with van der Waals surface area (Å²) in [7, 11) is 0. The summed E-state index contributed by atoms with van der Waals surface area (Å²) < 4.78 is 0. The van der Waals surface area contributed by atoms with E-state index in [2.05, 4.69) is 194 Å². The smallest absolute Gasteiger partial charge is 0.142 e. The zero-order valence-electron chi connectivity index (χ0n) is 50.5. The molecular weight excluding hydrogens is 1290 g/mol. The molecule has 3 aromatic carbocycles. The topological polar surface area (TPSA) is 188 Å². The van der Waals surface area contributed by atoms with Crippen molar-refractivity contribution in [2.75, 3.05) is 56.8 Å². The Morgan fingerprint density at radius 1 is 0.473 bits per heavy atom. The second kappa shape index (κ2) is 28.8. The van der Waals surface area contributed by atoms with Crippen LogP contribution in [0.15, 0.2) is 198 Å². The summed E-state index contributed by atoms with van der Waals surface area (Å²) in [4.78, 5) is 61.7. The van der Waals surface area contributed by atoms with Crippen molar-refractivity contribution in [2.45, 2.75) is 51.9 Å². The highest BCUT2D eigenvalue weighted by Crippen LogP contribution is 2.39. The number of anilines is 7. The highest BCUT2D eigenvalue weighted by atomic mass is 35.5. The summed E-state index contributed by atoms with van der Waals surface area (Å²) in [6.45, 7) is 10.1. The third kappa shape index (κ3) is 14.0. The van der Waals surface area contributed by atoms with E-state index in [1.807, 2.05) is 76.7 Å². The molecule has 3 N–H and O–H groups in total. The Morgan fingerprint density at radius 3 is 1.63 bits per heavy atom. The molecule has 17 nitrogen and oxygen atoms in total. The minimum absolute atomic E-state index is 0.115. The van der Waals surface area contributed by atoms with Crippen LogP contribution in [0.4, 0.5) is 40.5 Å². The van der Waals surface area contributed by atoms with Gasteiger partial charge in [-0.25, -0.2) is 49.8 Å². The van der Waals surface area contributed by atoms with Gasteiger partial charge in [0.05, 0.1) is 44.7 Å². The van der Waals surface area contributed by atoms with Crippen LogP contribution >= 0.6 is 79.6 Å². The minimum atomic E-state index is 0.115. The number of hydrogen-bond donors (Lipinski definition) is 3. The van der Waals surface area contributed by atoms with Crippen LogP contribution < -0.4 is 30.7 Å². The lowest BCUT2D eigenvalue weighted by Gasteiger charge is -2.34. The summed E-state index contributed by atoms with van der Waals surface area (Å²) >= 11 is 15.9. The number of rotatable bonds is 8. The van der Waals surface area contributed by atoms with Gasteiger partial charge in [-0.05, 0) is 160 Å². The predicted octanol–water partition coefficient (Wildman–Crippen LogP) is 17.6. The maximum absolute atomic E-state index is 5.84. The highest BCUT2D eigenvalue weighted by Gasteiger charge is 2.27. The van der Waals surface area contributed by atoms with E-state index in [0.29, 0.717) is 6.04 Å². The van der Waals surface area contributed by atoms with E-state index in [4.69, 9.17) is 11.6 Å². The van der Waals surface area contributed by atoms with Gasteiger partial charge in [0.1, 0.15) is 84.9 Å². The van der Waals surface area contributed by atoms with Gasteiger partial charge in [0.2, 0.25) is 0 Å². The summed E-state index contributed by atoms with van der Waals surface area (Å²) in [5.74, 6) is 4.86. The van der Waals surface area contributed by atoms with Crippen molar-refractivity contribution in [1.82, 2.24) is 54.8 Å². The van der Waals surface area contributed by atoms with Gasteiger partial charge in [0.15, 0.2) is 0 Å². The zero-order valence-corrected chi connectivity index (χ0v) is 56.1. The van der Waals surface area contributed by atoms with E-state index >= 15 is 0 Å². The summed E-state index contributed by atoms with van der Waals surface area (Å²) in [5, 5.41) is 28.9. The van der Waals surface area contributed by atoms with E-state index in [0.717, 1.165) is 138 Å². The number of aromatic nitrogens is 11. The van der Waals surface area contributed by atoms with Crippen LogP contribution in [0.2, 0.25) is 5.02 Å². The molecule has 3 aliphatic heterocycles. The molecule has 24 heteroatoms. The maximum Gasteiger partial charge on any atom is 0.142 e. The number of nitrogens with one attached hydrogen (secondary N) is 3. The van der Waals surface area contributed by atoms with E-state index in [9.17, 15) is 0 Å². The molecule has 0 spiro atoms. The first-order valence-electron chi connectivity index (χ1n) is 30.2. The quantitative estimate of drug-likeness (QED) is 0.130. The molecule has 464 valence electrons. The number of halogens is 1. The lowest BCUT2D eigenvalue weighted by atomic mass is 10.00. The van der Waals surface area contributed by atoms with Crippen LogP contribution in [-0.4, -0.2) is 81.0 Å². The molecule has 2 atom stereocenters. The van der Waals surface area contributed by atoms with Gasteiger partial charge in [-0.15, -0.1) is 68.0 Å². The molecular formula is C69H60ClN17S6. The second-order valence-corrected chi connectivity index (χ2v) is 27.8. The van der Waals surface area contributed by atoms with Gasteiger partial charge in [0, 0.05) is 66.7 Å². The standard InChI is InChI=1S/C15H14N4S.C15H13N3S.C14H13N3S2.C13H12N4S.C12H8ClN3S/c1-2-4-13-11(3-1)9-19(7-6-16-13)14-12-5-8-20-15(12)18-10-17-14;1-2-4-12-9-18(7-5-11(12)3-1)14-13-6-8-19-15(13)17-10-16-14;1-9-10-3-6-18-12(10)2-5-17(9)13-11-4-7-19-14(11)16-8-15-13;1-9(11-4-2-3-6-14-11)17-12-10-5-7-18-13(10)16-8-15-12;13-8-1-3-9(4-2-8)16-11-10-5-6-17-12(10)15-7-14-11/h1-5,8,10,16H,6-7,9H2;1-4,6,8,10H,5,7,9H2;3-4,6-9H,2,5H2,1H3;2-9H,1H3,(H,15,16,17);1-7H,(H,14,15,16). The molecule has 0 saturated heterocycles. The van der Waals surface area contributed by atoms with Crippen LogP contribution in [0.1, 0.15) is 58.8 Å². The summed E-state index contributed by atoms with van der Waals surface area (Å²) in [6, 6.07) is 43.8. The van der Waals surface area contributed by atoms with Crippen molar-refractivity contribution in [3.63, 3.8) is 0 Å².